The molecule has 1 aliphatic rings. The Labute approximate surface area is 144 Å². The number of hydrogen-bond donors (Lipinski definition) is 0. The van der Waals surface area contributed by atoms with Gasteiger partial charge in [0.25, 0.3) is 0 Å². The highest BCUT2D eigenvalue weighted by Crippen LogP contribution is 2.30. The van der Waals surface area contributed by atoms with Crippen molar-refractivity contribution in [2.45, 2.75) is 13.5 Å². The van der Waals surface area contributed by atoms with Crippen molar-refractivity contribution in [2.24, 2.45) is 5.16 Å². The molecule has 0 amide bonds. The summed E-state index contributed by atoms with van der Waals surface area (Å²) in [5, 5.41) is 3.64. The predicted molar refractivity (Wildman–Crippen MR) is 90.9 cm³/mol. The number of nitrogens with zero attached hydrogens (tertiary/aromatic N) is 1. The summed E-state index contributed by atoms with van der Waals surface area (Å²) in [4.78, 5) is 16.2. The van der Waals surface area contributed by atoms with E-state index in [9.17, 15) is 9.18 Å². The van der Waals surface area contributed by atoms with E-state index in [1.165, 1.54) is 19.2 Å². The minimum Gasteiger partial charge on any atom is -0.493 e. The molecule has 2 aromatic carbocycles. The molecule has 0 unspecified atom stereocenters. The van der Waals surface area contributed by atoms with Crippen LogP contribution in [0.4, 0.5) is 4.39 Å². The van der Waals surface area contributed by atoms with Crippen LogP contribution in [0.25, 0.3) is 6.08 Å². The number of carbonyl (C=O) groups is 1. The van der Waals surface area contributed by atoms with Crippen LogP contribution in [-0.2, 0) is 16.2 Å². The second-order valence-corrected chi connectivity index (χ2v) is 5.44. The fourth-order valence-electron chi connectivity index (χ4n) is 2.37. The Morgan fingerprint density at radius 2 is 2.04 bits per heavy atom. The molecule has 6 heteroatoms. The third-order valence-corrected chi connectivity index (χ3v) is 3.66. The van der Waals surface area contributed by atoms with Crippen molar-refractivity contribution in [2.75, 3.05) is 7.11 Å². The third-order valence-electron chi connectivity index (χ3n) is 3.66. The zero-order valence-corrected chi connectivity index (χ0v) is 13.8. The van der Waals surface area contributed by atoms with Gasteiger partial charge in [-0.2, -0.15) is 0 Å². The van der Waals surface area contributed by atoms with Gasteiger partial charge in [0.1, 0.15) is 12.4 Å². The molecule has 0 aliphatic carbocycles. The van der Waals surface area contributed by atoms with E-state index < -0.39 is 5.97 Å². The van der Waals surface area contributed by atoms with Crippen LogP contribution in [0.3, 0.4) is 0 Å². The third kappa shape index (κ3) is 3.85. The van der Waals surface area contributed by atoms with Gasteiger partial charge in [0.2, 0.25) is 0 Å². The summed E-state index contributed by atoms with van der Waals surface area (Å²) in [7, 11) is 1.53. The first-order chi connectivity index (χ1) is 12.1. The highest BCUT2D eigenvalue weighted by molar-refractivity contribution is 6.24. The van der Waals surface area contributed by atoms with Gasteiger partial charge in [-0.25, -0.2) is 9.18 Å². The lowest BCUT2D eigenvalue weighted by Gasteiger charge is -2.11. The van der Waals surface area contributed by atoms with Gasteiger partial charge in [0.05, 0.1) is 18.4 Å². The number of hydrogen-bond acceptors (Lipinski definition) is 5. The predicted octanol–water partition coefficient (Wildman–Crippen LogP) is 3.73. The van der Waals surface area contributed by atoms with Crippen molar-refractivity contribution in [3.8, 4) is 11.5 Å². The van der Waals surface area contributed by atoms with Crippen LogP contribution in [0, 0.1) is 5.82 Å². The molecule has 0 spiro atoms. The van der Waals surface area contributed by atoms with E-state index in [0.29, 0.717) is 28.3 Å². The second kappa shape index (κ2) is 7.17. The molecule has 1 heterocycles. The average molecular weight is 341 g/mol. The van der Waals surface area contributed by atoms with Crippen LogP contribution in [0.15, 0.2) is 53.2 Å². The molecule has 128 valence electrons. The van der Waals surface area contributed by atoms with Crippen LogP contribution >= 0.6 is 0 Å². The zero-order chi connectivity index (χ0) is 17.8. The van der Waals surface area contributed by atoms with Crippen molar-refractivity contribution >= 4 is 17.8 Å². The summed E-state index contributed by atoms with van der Waals surface area (Å²) < 4.78 is 24.3. The number of halogens is 1. The number of benzene rings is 2. The maximum Gasteiger partial charge on any atom is 0.367 e. The Morgan fingerprint density at radius 1 is 1.20 bits per heavy atom. The molecule has 25 heavy (non-hydrogen) atoms. The largest absolute Gasteiger partial charge is 0.493 e. The first kappa shape index (κ1) is 16.7. The molecule has 0 N–H and O–H groups in total. The molecule has 1 aliphatic heterocycles. The van der Waals surface area contributed by atoms with Crippen LogP contribution < -0.4 is 9.47 Å². The molecule has 0 saturated carbocycles. The molecule has 0 aromatic heterocycles. The quantitative estimate of drug-likeness (QED) is 0.614. The highest BCUT2D eigenvalue weighted by Gasteiger charge is 2.21. The maximum absolute atomic E-state index is 13.2. The van der Waals surface area contributed by atoms with E-state index >= 15 is 0 Å². The molecule has 0 atom stereocenters. The standard InChI is InChI=1S/C19H16FNO4/c1-12-16(19(22)25-21-12)9-13-6-7-17(18(10-13)23-2)24-11-14-4-3-5-15(20)8-14/h3-10H,11H2,1-2H3/b16-9-. The van der Waals surface area contributed by atoms with Crippen molar-refractivity contribution in [1.82, 2.24) is 0 Å². The molecule has 3 rings (SSSR count). The molecule has 0 saturated heterocycles. The summed E-state index contributed by atoms with van der Waals surface area (Å²) in [5.41, 5.74) is 2.39. The summed E-state index contributed by atoms with van der Waals surface area (Å²) in [5.74, 6) is 0.235. The molecular weight excluding hydrogens is 325 g/mol. The van der Waals surface area contributed by atoms with E-state index in [2.05, 4.69) is 9.99 Å². The van der Waals surface area contributed by atoms with Crippen molar-refractivity contribution < 1.29 is 23.5 Å². The summed E-state index contributed by atoms with van der Waals surface area (Å²) in [6.07, 6.45) is 1.67. The number of methoxy groups -OCH3 is 1. The lowest BCUT2D eigenvalue weighted by Crippen LogP contribution is -2.02. The summed E-state index contributed by atoms with van der Waals surface area (Å²) in [6.45, 7) is 1.91. The normalized spacial score (nSPS) is 15.1. The number of oxime groups is 1. The van der Waals surface area contributed by atoms with Crippen LogP contribution in [-0.4, -0.2) is 18.8 Å². The minimum absolute atomic E-state index is 0.215. The Balaban J connectivity index is 1.79. The fraction of sp³-hybridized carbons (Fsp3) is 0.158. The molecular formula is C19H16FNO4. The maximum atomic E-state index is 13.2. The Hall–Kier alpha value is -3.15. The van der Waals surface area contributed by atoms with Crippen molar-refractivity contribution in [3.63, 3.8) is 0 Å². The van der Waals surface area contributed by atoms with E-state index in [4.69, 9.17) is 9.47 Å². The van der Waals surface area contributed by atoms with Gasteiger partial charge in [-0.3, -0.25) is 0 Å². The van der Waals surface area contributed by atoms with E-state index in [1.807, 2.05) is 0 Å². The summed E-state index contributed by atoms with van der Waals surface area (Å²) >= 11 is 0. The molecule has 5 nitrogen and oxygen atoms in total. The van der Waals surface area contributed by atoms with Gasteiger partial charge in [-0.05, 0) is 48.4 Å². The molecule has 0 fully saturated rings. The monoisotopic (exact) mass is 341 g/mol. The molecule has 0 radical (unpaired) electrons. The topological polar surface area (TPSA) is 57.1 Å². The van der Waals surface area contributed by atoms with E-state index in [0.717, 1.165) is 5.56 Å². The zero-order valence-electron chi connectivity index (χ0n) is 13.8. The van der Waals surface area contributed by atoms with Gasteiger partial charge in [0, 0.05) is 0 Å². The van der Waals surface area contributed by atoms with Gasteiger partial charge in [0.15, 0.2) is 11.5 Å². The lowest BCUT2D eigenvalue weighted by atomic mass is 10.1. The average Bonchev–Trinajstić information content (AvgIpc) is 2.92. The van der Waals surface area contributed by atoms with Crippen molar-refractivity contribution in [3.05, 3.63) is 65.0 Å². The number of ether oxygens (including phenoxy) is 2. The Morgan fingerprint density at radius 3 is 2.72 bits per heavy atom. The van der Waals surface area contributed by atoms with Gasteiger partial charge < -0.3 is 14.3 Å². The SMILES string of the molecule is COc1cc(/C=C2\C(=O)ON=C2C)ccc1OCc1cccc(F)c1. The van der Waals surface area contributed by atoms with Gasteiger partial charge >= 0.3 is 5.97 Å². The number of carbonyl (C=O) groups excluding carboxylic acids is 1. The van der Waals surface area contributed by atoms with E-state index in [1.54, 1.807) is 43.3 Å². The van der Waals surface area contributed by atoms with Crippen LogP contribution in [0.5, 0.6) is 11.5 Å². The first-order valence-corrected chi connectivity index (χ1v) is 7.60. The molecule has 0 bridgehead atoms. The second-order valence-electron chi connectivity index (χ2n) is 5.44. The minimum atomic E-state index is -0.483. The van der Waals surface area contributed by atoms with Crippen molar-refractivity contribution in [1.29, 1.82) is 0 Å². The van der Waals surface area contributed by atoms with Gasteiger partial charge in [-0.1, -0.05) is 23.4 Å². The van der Waals surface area contributed by atoms with E-state index in [-0.39, 0.29) is 12.4 Å². The Kier molecular flexibility index (Phi) is 4.79. The Bertz CT molecular complexity index is 873. The smallest absolute Gasteiger partial charge is 0.367 e. The molecule has 2 aromatic rings. The first-order valence-electron chi connectivity index (χ1n) is 7.60. The van der Waals surface area contributed by atoms with Crippen LogP contribution in [0.1, 0.15) is 18.1 Å². The summed E-state index contributed by atoms with van der Waals surface area (Å²) in [6, 6.07) is 11.5. The van der Waals surface area contributed by atoms with Crippen LogP contribution in [0.2, 0.25) is 0 Å². The highest BCUT2D eigenvalue weighted by atomic mass is 19.1. The lowest BCUT2D eigenvalue weighted by molar-refractivity contribution is -0.136. The van der Waals surface area contributed by atoms with Gasteiger partial charge in [-0.15, -0.1) is 0 Å². The number of rotatable bonds is 5. The fourth-order valence-corrected chi connectivity index (χ4v) is 2.37.